The van der Waals surface area contributed by atoms with E-state index < -0.39 is 5.63 Å². The van der Waals surface area contributed by atoms with Gasteiger partial charge in [-0.3, -0.25) is 0 Å². The maximum Gasteiger partial charge on any atom is 0.336 e. The van der Waals surface area contributed by atoms with Crippen molar-refractivity contribution >= 4 is 28.0 Å². The topological polar surface area (TPSA) is 129 Å². The van der Waals surface area contributed by atoms with Crippen molar-refractivity contribution in [2.45, 2.75) is 19.4 Å². The highest BCUT2D eigenvalue weighted by Gasteiger charge is 2.16. The fraction of sp³-hybridized carbons (Fsp3) is 0.263. The lowest BCUT2D eigenvalue weighted by Gasteiger charge is -2.17. The molecule has 0 aliphatic rings. The number of nitrogen functional groups attached to an aromatic ring is 1. The Balaban J connectivity index is 1.49. The molecule has 0 unspecified atom stereocenters. The van der Waals surface area contributed by atoms with Crippen LogP contribution in [0, 0.1) is 6.92 Å². The highest BCUT2D eigenvalue weighted by molar-refractivity contribution is 5.81. The molecule has 0 amide bonds. The molecule has 3 heterocycles. The lowest BCUT2D eigenvalue weighted by Crippen LogP contribution is -2.16. The van der Waals surface area contributed by atoms with Crippen molar-refractivity contribution in [3.05, 3.63) is 52.9 Å². The Labute approximate surface area is 159 Å². The zero-order valence-corrected chi connectivity index (χ0v) is 15.2. The Morgan fingerprint density at radius 2 is 2.14 bits per heavy atom. The monoisotopic (exact) mass is 381 g/mol. The van der Waals surface area contributed by atoms with Gasteiger partial charge in [0, 0.05) is 23.9 Å². The Morgan fingerprint density at radius 1 is 1.29 bits per heavy atom. The number of aromatic nitrogens is 4. The lowest BCUT2D eigenvalue weighted by molar-refractivity contribution is 0.196. The van der Waals surface area contributed by atoms with Crippen LogP contribution in [0.3, 0.4) is 0 Å². The second-order valence-electron chi connectivity index (χ2n) is 6.46. The Kier molecular flexibility index (Phi) is 4.66. The van der Waals surface area contributed by atoms with Crippen LogP contribution in [0.4, 0.5) is 5.82 Å². The van der Waals surface area contributed by atoms with E-state index in [0.29, 0.717) is 41.3 Å². The van der Waals surface area contributed by atoms with Crippen molar-refractivity contribution in [1.29, 1.82) is 0 Å². The van der Waals surface area contributed by atoms with Gasteiger partial charge in [-0.2, -0.15) is 0 Å². The van der Waals surface area contributed by atoms with E-state index in [-0.39, 0.29) is 12.6 Å². The number of imidazole rings is 1. The second-order valence-corrected chi connectivity index (χ2v) is 6.46. The first-order valence-electron chi connectivity index (χ1n) is 8.78. The summed E-state index contributed by atoms with van der Waals surface area (Å²) in [4.78, 5) is 23.9. The van der Waals surface area contributed by atoms with E-state index in [1.165, 1.54) is 12.4 Å². The number of ether oxygens (including phenoxy) is 1. The van der Waals surface area contributed by atoms with Gasteiger partial charge in [0.05, 0.1) is 25.6 Å². The quantitative estimate of drug-likeness (QED) is 0.484. The van der Waals surface area contributed by atoms with E-state index in [1.54, 1.807) is 17.0 Å². The van der Waals surface area contributed by atoms with E-state index in [9.17, 15) is 9.90 Å². The number of fused-ring (bicyclic) bond motifs is 2. The Morgan fingerprint density at radius 3 is 2.96 bits per heavy atom. The first kappa shape index (κ1) is 17.9. The summed E-state index contributed by atoms with van der Waals surface area (Å²) in [7, 11) is 0. The number of aliphatic hydroxyl groups excluding tert-OH is 1. The molecule has 0 saturated heterocycles. The number of aryl methyl sites for hydroxylation is 1. The molecule has 9 nitrogen and oxygen atoms in total. The van der Waals surface area contributed by atoms with Crippen molar-refractivity contribution < 1.29 is 14.3 Å². The Hall–Kier alpha value is -3.46. The molecule has 3 N–H and O–H groups in total. The molecule has 0 radical (unpaired) electrons. The number of benzene rings is 1. The molecule has 0 fully saturated rings. The number of nitrogens with two attached hydrogens (primary N) is 1. The minimum atomic E-state index is -0.393. The highest BCUT2D eigenvalue weighted by Crippen LogP contribution is 2.24. The number of hydrogen-bond acceptors (Lipinski definition) is 8. The molecule has 0 bridgehead atoms. The molecule has 0 spiro atoms. The van der Waals surface area contributed by atoms with Crippen molar-refractivity contribution in [3.8, 4) is 5.75 Å². The fourth-order valence-electron chi connectivity index (χ4n) is 3.16. The minimum absolute atomic E-state index is 0.107. The summed E-state index contributed by atoms with van der Waals surface area (Å²) in [5, 5.41) is 10.7. The van der Waals surface area contributed by atoms with E-state index in [2.05, 4.69) is 15.0 Å². The predicted molar refractivity (Wildman–Crippen MR) is 103 cm³/mol. The molecule has 144 valence electrons. The summed E-state index contributed by atoms with van der Waals surface area (Å²) in [6.07, 6.45) is 3.47. The van der Waals surface area contributed by atoms with Gasteiger partial charge in [0.1, 0.15) is 23.2 Å². The third-order valence-corrected chi connectivity index (χ3v) is 4.63. The van der Waals surface area contributed by atoms with Crippen LogP contribution in [-0.4, -0.2) is 37.8 Å². The van der Waals surface area contributed by atoms with Crippen molar-refractivity contribution in [3.63, 3.8) is 0 Å². The molecule has 28 heavy (non-hydrogen) atoms. The first-order chi connectivity index (χ1) is 13.6. The lowest BCUT2D eigenvalue weighted by atomic mass is 10.1. The van der Waals surface area contributed by atoms with Gasteiger partial charge in [0.15, 0.2) is 11.5 Å². The fourth-order valence-corrected chi connectivity index (χ4v) is 3.16. The first-order valence-corrected chi connectivity index (χ1v) is 8.78. The maximum absolute atomic E-state index is 11.6. The van der Waals surface area contributed by atoms with Crippen LogP contribution in [0.5, 0.6) is 5.75 Å². The van der Waals surface area contributed by atoms with Crippen molar-refractivity contribution in [1.82, 2.24) is 19.5 Å². The zero-order chi connectivity index (χ0) is 19.7. The van der Waals surface area contributed by atoms with Crippen LogP contribution in [0.1, 0.15) is 18.0 Å². The summed E-state index contributed by atoms with van der Waals surface area (Å²) >= 11 is 0. The summed E-state index contributed by atoms with van der Waals surface area (Å²) in [6.45, 7) is 2.09. The zero-order valence-electron chi connectivity index (χ0n) is 15.2. The van der Waals surface area contributed by atoms with Gasteiger partial charge in [0.25, 0.3) is 0 Å². The molecule has 4 rings (SSSR count). The van der Waals surface area contributed by atoms with Crippen LogP contribution in [-0.2, 0) is 0 Å². The second kappa shape index (κ2) is 7.28. The molecule has 1 atom stereocenters. The third-order valence-electron chi connectivity index (χ3n) is 4.63. The number of aliphatic hydroxyl groups is 1. The van der Waals surface area contributed by atoms with Gasteiger partial charge >= 0.3 is 5.63 Å². The number of nitrogens with zero attached hydrogens (tertiary/aromatic N) is 4. The van der Waals surface area contributed by atoms with E-state index in [1.807, 2.05) is 19.1 Å². The van der Waals surface area contributed by atoms with E-state index in [4.69, 9.17) is 14.9 Å². The summed E-state index contributed by atoms with van der Waals surface area (Å²) in [6, 6.07) is 6.55. The van der Waals surface area contributed by atoms with E-state index >= 15 is 0 Å². The average Bonchev–Trinajstić information content (AvgIpc) is 3.10. The Bertz CT molecular complexity index is 1200. The normalized spacial score (nSPS) is 12.5. The van der Waals surface area contributed by atoms with Crippen LogP contribution >= 0.6 is 0 Å². The van der Waals surface area contributed by atoms with Gasteiger partial charge in [-0.1, -0.05) is 0 Å². The van der Waals surface area contributed by atoms with Gasteiger partial charge in [0.2, 0.25) is 0 Å². The summed E-state index contributed by atoms with van der Waals surface area (Å²) < 4.78 is 12.8. The smallest absolute Gasteiger partial charge is 0.336 e. The average molecular weight is 381 g/mol. The molecule has 0 aliphatic carbocycles. The molecular weight excluding hydrogens is 362 g/mol. The molecule has 1 aromatic carbocycles. The SMILES string of the molecule is Cc1cc(=O)oc2cc(OCC[C@H](CO)n3cnc4c(N)ncnc43)ccc12. The van der Waals surface area contributed by atoms with Gasteiger partial charge < -0.3 is 24.6 Å². The summed E-state index contributed by atoms with van der Waals surface area (Å²) in [5.74, 6) is 0.879. The van der Waals surface area contributed by atoms with Gasteiger partial charge in [-0.05, 0) is 24.6 Å². The predicted octanol–water partition coefficient (Wildman–Crippen LogP) is 1.83. The van der Waals surface area contributed by atoms with Crippen molar-refractivity contribution in [2.24, 2.45) is 0 Å². The maximum atomic E-state index is 11.6. The molecule has 0 saturated carbocycles. The third kappa shape index (κ3) is 3.27. The molecule has 9 heteroatoms. The van der Waals surface area contributed by atoms with Crippen molar-refractivity contribution in [2.75, 3.05) is 18.9 Å². The van der Waals surface area contributed by atoms with Crippen LogP contribution in [0.15, 0.2) is 46.1 Å². The highest BCUT2D eigenvalue weighted by atomic mass is 16.5. The van der Waals surface area contributed by atoms with E-state index in [0.717, 1.165) is 10.9 Å². The van der Waals surface area contributed by atoms with Gasteiger partial charge in [-0.15, -0.1) is 0 Å². The molecule has 0 aliphatic heterocycles. The molecule has 3 aromatic heterocycles. The molecular formula is C19H19N5O4. The van der Waals surface area contributed by atoms with Crippen LogP contribution in [0.25, 0.3) is 22.1 Å². The largest absolute Gasteiger partial charge is 0.493 e. The van der Waals surface area contributed by atoms with Crippen LogP contribution in [0.2, 0.25) is 0 Å². The standard InChI is InChI=1S/C19H19N5O4/c1-11-6-16(26)28-15-7-13(2-3-14(11)15)27-5-4-12(8-25)24-10-23-17-18(20)21-9-22-19(17)24/h2-3,6-7,9-10,12,25H,4-5,8H2,1H3,(H2,20,21,22)/t12-/m1/s1. The number of hydrogen-bond donors (Lipinski definition) is 2. The minimum Gasteiger partial charge on any atom is -0.493 e. The number of anilines is 1. The van der Waals surface area contributed by atoms with Gasteiger partial charge in [-0.25, -0.2) is 19.7 Å². The summed E-state index contributed by atoms with van der Waals surface area (Å²) in [5.41, 5.74) is 7.82. The molecule has 4 aromatic rings. The van der Waals surface area contributed by atoms with Crippen LogP contribution < -0.4 is 16.1 Å². The number of rotatable bonds is 6.